The van der Waals surface area contributed by atoms with Gasteiger partial charge in [0, 0.05) is 29.2 Å². The number of carbonyl (C=O) groups is 1. The highest BCUT2D eigenvalue weighted by atomic mass is 16.6. The molecule has 0 atom stereocenters. The lowest BCUT2D eigenvalue weighted by Gasteiger charge is -2.49. The molecule has 1 amide bonds. The highest BCUT2D eigenvalue weighted by molar-refractivity contribution is 5.95. The maximum Gasteiger partial charge on any atom is 0.254 e. The van der Waals surface area contributed by atoms with Crippen molar-refractivity contribution in [3.05, 3.63) is 23.8 Å². The lowest BCUT2D eigenvalue weighted by Crippen LogP contribution is -2.62. The zero-order valence-corrected chi connectivity index (χ0v) is 17.4. The quantitative estimate of drug-likeness (QED) is 0.846. The average molecular weight is 375 g/mol. The Kier molecular flexibility index (Phi) is 5.71. The second kappa shape index (κ2) is 7.70. The molecule has 1 fully saturated rings. The van der Waals surface area contributed by atoms with Crippen LogP contribution < -0.4 is 14.8 Å². The average Bonchev–Trinajstić information content (AvgIpc) is 2.59. The van der Waals surface area contributed by atoms with Crippen LogP contribution >= 0.6 is 0 Å². The molecule has 150 valence electrons. The van der Waals surface area contributed by atoms with Crippen molar-refractivity contribution < 1.29 is 14.3 Å². The summed E-state index contributed by atoms with van der Waals surface area (Å²) in [5.41, 5.74) is 0.693. The Hall–Kier alpha value is -1.75. The fourth-order valence-electron chi connectivity index (χ4n) is 4.61. The molecule has 2 heterocycles. The van der Waals surface area contributed by atoms with Gasteiger partial charge < -0.3 is 19.7 Å². The van der Waals surface area contributed by atoms with Crippen molar-refractivity contribution in [3.8, 4) is 11.5 Å². The van der Waals surface area contributed by atoms with Gasteiger partial charge in [0.15, 0.2) is 11.5 Å². The number of hydrogen-bond donors (Lipinski definition) is 1. The molecule has 2 aliphatic rings. The molecule has 1 aromatic rings. The number of benzene rings is 1. The zero-order valence-electron chi connectivity index (χ0n) is 17.4. The maximum absolute atomic E-state index is 13.5. The Morgan fingerprint density at radius 3 is 2.37 bits per heavy atom. The van der Waals surface area contributed by atoms with Crippen LogP contribution in [0.25, 0.3) is 0 Å². The lowest BCUT2D eigenvalue weighted by atomic mass is 9.78. The molecular weight excluding hydrogens is 340 g/mol. The Labute approximate surface area is 163 Å². The van der Waals surface area contributed by atoms with Crippen molar-refractivity contribution in [1.29, 1.82) is 0 Å². The highest BCUT2D eigenvalue weighted by Crippen LogP contribution is 2.34. The summed E-state index contributed by atoms with van der Waals surface area (Å²) in [4.78, 5) is 15.6. The van der Waals surface area contributed by atoms with Crippen LogP contribution in [0.2, 0.25) is 0 Å². The van der Waals surface area contributed by atoms with Crippen LogP contribution in [0.1, 0.15) is 70.7 Å². The number of unbranched alkanes of at least 4 members (excludes halogenated alkanes) is 1. The van der Waals surface area contributed by atoms with Gasteiger partial charge in [-0.1, -0.05) is 13.3 Å². The van der Waals surface area contributed by atoms with Gasteiger partial charge in [0.2, 0.25) is 0 Å². The minimum absolute atomic E-state index is 0.00393. The van der Waals surface area contributed by atoms with Gasteiger partial charge in [-0.05, 0) is 65.2 Å². The van der Waals surface area contributed by atoms with E-state index in [1.165, 1.54) is 0 Å². The molecule has 3 rings (SSSR count). The predicted octanol–water partition coefficient (Wildman–Crippen LogP) is 4.01. The molecule has 0 saturated carbocycles. The summed E-state index contributed by atoms with van der Waals surface area (Å²) >= 11 is 0. The first-order valence-electron chi connectivity index (χ1n) is 10.2. The molecule has 27 heavy (non-hydrogen) atoms. The SMILES string of the molecule is CCCCN(C(=O)c1ccc2c(c1)OCCO2)C1CC(C)(C)NC(C)(C)C1. The largest absolute Gasteiger partial charge is 0.486 e. The third-order valence-electron chi connectivity index (χ3n) is 5.41. The Bertz CT molecular complexity index is 668. The predicted molar refractivity (Wildman–Crippen MR) is 108 cm³/mol. The van der Waals surface area contributed by atoms with Crippen LogP contribution in [-0.2, 0) is 0 Å². The number of fused-ring (bicyclic) bond motifs is 1. The van der Waals surface area contributed by atoms with Gasteiger partial charge in [-0.15, -0.1) is 0 Å². The van der Waals surface area contributed by atoms with Crippen molar-refractivity contribution in [2.75, 3.05) is 19.8 Å². The second-order valence-corrected chi connectivity index (χ2v) is 9.17. The molecular formula is C22H34N2O3. The molecule has 0 aliphatic carbocycles. The number of piperidine rings is 1. The zero-order chi connectivity index (χ0) is 19.7. The molecule has 2 aliphatic heterocycles. The number of nitrogens with zero attached hydrogens (tertiary/aromatic N) is 1. The van der Waals surface area contributed by atoms with Crippen LogP contribution in [0.4, 0.5) is 0 Å². The third kappa shape index (κ3) is 4.75. The Balaban J connectivity index is 1.86. The fraction of sp³-hybridized carbons (Fsp3) is 0.682. The smallest absolute Gasteiger partial charge is 0.254 e. The van der Waals surface area contributed by atoms with E-state index in [4.69, 9.17) is 9.47 Å². The van der Waals surface area contributed by atoms with E-state index in [0.29, 0.717) is 24.5 Å². The fourth-order valence-corrected chi connectivity index (χ4v) is 4.61. The molecule has 5 heteroatoms. The number of nitrogens with one attached hydrogen (secondary N) is 1. The van der Waals surface area contributed by atoms with E-state index >= 15 is 0 Å². The molecule has 0 bridgehead atoms. The van der Waals surface area contributed by atoms with Gasteiger partial charge in [-0.3, -0.25) is 4.79 Å². The van der Waals surface area contributed by atoms with E-state index in [1.807, 2.05) is 18.2 Å². The van der Waals surface area contributed by atoms with Crippen LogP contribution in [-0.4, -0.2) is 47.7 Å². The van der Waals surface area contributed by atoms with Crippen molar-refractivity contribution in [1.82, 2.24) is 10.2 Å². The van der Waals surface area contributed by atoms with Gasteiger partial charge in [-0.25, -0.2) is 0 Å². The van der Waals surface area contributed by atoms with Crippen LogP contribution in [0.15, 0.2) is 18.2 Å². The van der Waals surface area contributed by atoms with Crippen LogP contribution in [0, 0.1) is 0 Å². The number of rotatable bonds is 5. The summed E-state index contributed by atoms with van der Waals surface area (Å²) in [7, 11) is 0. The summed E-state index contributed by atoms with van der Waals surface area (Å²) in [6.07, 6.45) is 4.00. The van der Waals surface area contributed by atoms with Gasteiger partial charge in [0.1, 0.15) is 13.2 Å². The van der Waals surface area contributed by atoms with E-state index in [9.17, 15) is 4.79 Å². The highest BCUT2D eigenvalue weighted by Gasteiger charge is 2.41. The number of ether oxygens (including phenoxy) is 2. The molecule has 0 radical (unpaired) electrons. The molecule has 5 nitrogen and oxygen atoms in total. The minimum atomic E-state index is 0.00393. The number of amides is 1. The maximum atomic E-state index is 13.5. The summed E-state index contributed by atoms with van der Waals surface area (Å²) < 4.78 is 11.3. The third-order valence-corrected chi connectivity index (χ3v) is 5.41. The van der Waals surface area contributed by atoms with Crippen LogP contribution in [0.3, 0.4) is 0 Å². The summed E-state index contributed by atoms with van der Waals surface area (Å²) in [5.74, 6) is 1.49. The second-order valence-electron chi connectivity index (χ2n) is 9.17. The molecule has 0 unspecified atom stereocenters. The van der Waals surface area contributed by atoms with Crippen molar-refractivity contribution in [2.45, 2.75) is 77.4 Å². The summed E-state index contributed by atoms with van der Waals surface area (Å²) in [6.45, 7) is 13.0. The summed E-state index contributed by atoms with van der Waals surface area (Å²) in [5, 5.41) is 3.72. The summed E-state index contributed by atoms with van der Waals surface area (Å²) in [6, 6.07) is 5.79. The van der Waals surface area contributed by atoms with E-state index in [-0.39, 0.29) is 23.0 Å². The van der Waals surface area contributed by atoms with Gasteiger partial charge >= 0.3 is 0 Å². The topological polar surface area (TPSA) is 50.8 Å². The standard InChI is InChI=1S/C22H34N2O3/c1-6-7-10-24(17-14-21(2,3)23-22(4,5)15-17)20(25)16-8-9-18-19(13-16)27-12-11-26-18/h8-9,13,17,23H,6-7,10-12,14-15H2,1-5H3. The molecule has 1 saturated heterocycles. The molecule has 1 aromatic carbocycles. The molecule has 0 aromatic heterocycles. The van der Waals surface area contributed by atoms with Crippen molar-refractivity contribution >= 4 is 5.91 Å². The number of hydrogen-bond acceptors (Lipinski definition) is 4. The molecule has 1 N–H and O–H groups in total. The first-order chi connectivity index (χ1) is 12.7. The number of carbonyl (C=O) groups excluding carboxylic acids is 1. The van der Waals surface area contributed by atoms with Gasteiger partial charge in [-0.2, -0.15) is 0 Å². The van der Waals surface area contributed by atoms with Crippen LogP contribution in [0.5, 0.6) is 11.5 Å². The molecule has 0 spiro atoms. The first-order valence-corrected chi connectivity index (χ1v) is 10.2. The van der Waals surface area contributed by atoms with E-state index in [1.54, 1.807) is 0 Å². The van der Waals surface area contributed by atoms with Crippen molar-refractivity contribution in [2.24, 2.45) is 0 Å². The van der Waals surface area contributed by atoms with Gasteiger partial charge in [0.05, 0.1) is 0 Å². The van der Waals surface area contributed by atoms with Gasteiger partial charge in [0.25, 0.3) is 5.91 Å². The van der Waals surface area contributed by atoms with Crippen molar-refractivity contribution in [3.63, 3.8) is 0 Å². The first kappa shape index (κ1) is 20.0. The Morgan fingerprint density at radius 2 is 1.74 bits per heavy atom. The normalized spacial score (nSPS) is 20.9. The van der Waals surface area contributed by atoms with E-state index < -0.39 is 0 Å². The monoisotopic (exact) mass is 374 g/mol. The Morgan fingerprint density at radius 1 is 1.11 bits per heavy atom. The van der Waals surface area contributed by atoms with E-state index in [2.05, 4.69) is 44.8 Å². The minimum Gasteiger partial charge on any atom is -0.486 e. The lowest BCUT2D eigenvalue weighted by molar-refractivity contribution is 0.0441. The van der Waals surface area contributed by atoms with E-state index in [0.717, 1.165) is 38.0 Å².